The second-order valence-electron chi connectivity index (χ2n) is 3.62. The van der Waals surface area contributed by atoms with Gasteiger partial charge in [0.15, 0.2) is 0 Å². The lowest BCUT2D eigenvalue weighted by Gasteiger charge is -2.17. The molecule has 1 unspecified atom stereocenters. The minimum Gasteiger partial charge on any atom is -0.368 e. The van der Waals surface area contributed by atoms with Crippen LogP contribution in [0.15, 0.2) is 18.2 Å². The molecule has 4 heteroatoms. The Morgan fingerprint density at radius 2 is 2.00 bits per heavy atom. The smallest absolute Gasteiger partial charge is 0.116 e. The zero-order valence-electron chi connectivity index (χ0n) is 8.59. The Morgan fingerprint density at radius 1 is 1.33 bits per heavy atom. The van der Waals surface area contributed by atoms with E-state index < -0.39 is 0 Å². The normalized spacial score (nSPS) is 12.3. The number of hydrogen-bond acceptors (Lipinski definition) is 2. The summed E-state index contributed by atoms with van der Waals surface area (Å²) in [5.41, 5.74) is 0.699. The molecule has 15 heavy (non-hydrogen) atoms. The predicted molar refractivity (Wildman–Crippen MR) is 64.3 cm³/mol. The lowest BCUT2D eigenvalue weighted by atomic mass is 10.1. The summed E-state index contributed by atoms with van der Waals surface area (Å²) < 4.78 is 0. The van der Waals surface area contributed by atoms with Crippen molar-refractivity contribution >= 4 is 28.9 Å². The molecule has 0 aromatic heterocycles. The number of hydrogen-bond donors (Lipinski definition) is 1. The average Bonchev–Trinajstić information content (AvgIpc) is 2.18. The number of rotatable bonds is 3. The molecule has 1 aromatic carbocycles. The second kappa shape index (κ2) is 5.25. The van der Waals surface area contributed by atoms with Crippen LogP contribution in [0.4, 0.5) is 5.69 Å². The van der Waals surface area contributed by atoms with Crippen molar-refractivity contribution < 1.29 is 0 Å². The van der Waals surface area contributed by atoms with E-state index in [-0.39, 0.29) is 12.0 Å². The molecule has 0 aliphatic carbocycles. The van der Waals surface area contributed by atoms with E-state index in [0.29, 0.717) is 15.7 Å². The quantitative estimate of drug-likeness (QED) is 0.872. The fourth-order valence-electron chi connectivity index (χ4n) is 1.12. The highest BCUT2D eigenvalue weighted by Gasteiger charge is 2.13. The fourth-order valence-corrected chi connectivity index (χ4v) is 1.47. The summed E-state index contributed by atoms with van der Waals surface area (Å²) in [6.07, 6.45) is 0. The Morgan fingerprint density at radius 3 is 2.53 bits per heavy atom. The van der Waals surface area contributed by atoms with Gasteiger partial charge in [0.05, 0.1) is 16.8 Å². The topological polar surface area (TPSA) is 35.8 Å². The molecule has 0 radical (unpaired) electrons. The summed E-state index contributed by atoms with van der Waals surface area (Å²) in [5.74, 6) is 0.213. The van der Waals surface area contributed by atoms with Gasteiger partial charge in [0.25, 0.3) is 0 Å². The largest absolute Gasteiger partial charge is 0.368 e. The number of benzene rings is 1. The zero-order valence-corrected chi connectivity index (χ0v) is 10.1. The van der Waals surface area contributed by atoms with Crippen LogP contribution in [-0.4, -0.2) is 6.04 Å². The standard InChI is InChI=1S/C11H12Cl2N2/c1-7(2)11(6-14)15-10-5-8(12)3-4-9(10)13/h3-5,7,11,15H,1-2H3. The maximum atomic E-state index is 8.93. The van der Waals surface area contributed by atoms with Gasteiger partial charge in [0.1, 0.15) is 6.04 Å². The third-order valence-corrected chi connectivity index (χ3v) is 2.61. The van der Waals surface area contributed by atoms with Gasteiger partial charge < -0.3 is 5.32 Å². The van der Waals surface area contributed by atoms with Crippen LogP contribution in [0.2, 0.25) is 10.0 Å². The lowest BCUT2D eigenvalue weighted by Crippen LogP contribution is -2.23. The number of nitriles is 1. The SMILES string of the molecule is CC(C)C(C#N)Nc1cc(Cl)ccc1Cl. The van der Waals surface area contributed by atoms with E-state index in [0.717, 1.165) is 0 Å². The Bertz CT molecular complexity index is 383. The van der Waals surface area contributed by atoms with Crippen molar-refractivity contribution in [3.8, 4) is 6.07 Å². The van der Waals surface area contributed by atoms with Crippen molar-refractivity contribution in [3.05, 3.63) is 28.2 Å². The summed E-state index contributed by atoms with van der Waals surface area (Å²) in [7, 11) is 0. The van der Waals surface area contributed by atoms with E-state index >= 15 is 0 Å². The van der Waals surface area contributed by atoms with Gasteiger partial charge in [-0.3, -0.25) is 0 Å². The van der Waals surface area contributed by atoms with Gasteiger partial charge in [-0.05, 0) is 24.1 Å². The Hall–Kier alpha value is -0.910. The molecule has 0 bridgehead atoms. The molecule has 0 amide bonds. The van der Waals surface area contributed by atoms with Gasteiger partial charge in [-0.15, -0.1) is 0 Å². The molecule has 0 heterocycles. The molecule has 0 saturated carbocycles. The van der Waals surface area contributed by atoms with Crippen LogP contribution in [0.3, 0.4) is 0 Å². The van der Waals surface area contributed by atoms with Gasteiger partial charge in [0.2, 0.25) is 0 Å². The summed E-state index contributed by atoms with van der Waals surface area (Å²) >= 11 is 11.8. The van der Waals surface area contributed by atoms with Crippen molar-refractivity contribution in [2.45, 2.75) is 19.9 Å². The third-order valence-electron chi connectivity index (χ3n) is 2.05. The molecule has 0 fully saturated rings. The van der Waals surface area contributed by atoms with Crippen LogP contribution < -0.4 is 5.32 Å². The number of nitrogens with one attached hydrogen (secondary N) is 1. The zero-order chi connectivity index (χ0) is 11.4. The van der Waals surface area contributed by atoms with Crippen LogP contribution in [0.25, 0.3) is 0 Å². The van der Waals surface area contributed by atoms with Crippen molar-refractivity contribution in [3.63, 3.8) is 0 Å². The first kappa shape index (κ1) is 12.2. The van der Waals surface area contributed by atoms with E-state index in [4.69, 9.17) is 28.5 Å². The molecule has 1 N–H and O–H groups in total. The van der Waals surface area contributed by atoms with E-state index in [1.807, 2.05) is 13.8 Å². The van der Waals surface area contributed by atoms with Crippen LogP contribution in [0.1, 0.15) is 13.8 Å². The van der Waals surface area contributed by atoms with Gasteiger partial charge in [-0.25, -0.2) is 0 Å². The Labute approximate surface area is 99.8 Å². The van der Waals surface area contributed by atoms with Crippen LogP contribution >= 0.6 is 23.2 Å². The average molecular weight is 243 g/mol. The third kappa shape index (κ3) is 3.30. The van der Waals surface area contributed by atoms with E-state index in [2.05, 4.69) is 11.4 Å². The van der Waals surface area contributed by atoms with Crippen LogP contribution in [0, 0.1) is 17.2 Å². The van der Waals surface area contributed by atoms with Gasteiger partial charge in [-0.2, -0.15) is 5.26 Å². The van der Waals surface area contributed by atoms with Crippen LogP contribution in [0.5, 0.6) is 0 Å². The Kier molecular flexibility index (Phi) is 4.26. The monoisotopic (exact) mass is 242 g/mol. The summed E-state index contributed by atoms with van der Waals surface area (Å²) in [5, 5.41) is 13.2. The molecular formula is C11H12Cl2N2. The molecule has 0 saturated heterocycles. The van der Waals surface area contributed by atoms with Crippen LogP contribution in [-0.2, 0) is 0 Å². The van der Waals surface area contributed by atoms with Crippen molar-refractivity contribution in [2.24, 2.45) is 5.92 Å². The number of anilines is 1. The first-order valence-corrected chi connectivity index (χ1v) is 5.41. The summed E-state index contributed by atoms with van der Waals surface area (Å²) in [4.78, 5) is 0. The first-order valence-electron chi connectivity index (χ1n) is 4.65. The molecule has 2 nitrogen and oxygen atoms in total. The molecule has 0 aliphatic heterocycles. The highest BCUT2D eigenvalue weighted by molar-refractivity contribution is 6.35. The number of halogens is 2. The minimum absolute atomic E-state index is 0.213. The highest BCUT2D eigenvalue weighted by atomic mass is 35.5. The van der Waals surface area contributed by atoms with E-state index in [1.54, 1.807) is 18.2 Å². The second-order valence-corrected chi connectivity index (χ2v) is 4.46. The molecule has 1 aromatic rings. The van der Waals surface area contributed by atoms with Crippen molar-refractivity contribution in [1.29, 1.82) is 5.26 Å². The maximum absolute atomic E-state index is 8.93. The van der Waals surface area contributed by atoms with E-state index in [9.17, 15) is 0 Å². The van der Waals surface area contributed by atoms with E-state index in [1.165, 1.54) is 0 Å². The maximum Gasteiger partial charge on any atom is 0.116 e. The number of nitrogens with zero attached hydrogens (tertiary/aromatic N) is 1. The summed E-state index contributed by atoms with van der Waals surface area (Å²) in [6.45, 7) is 3.94. The molecule has 0 aliphatic rings. The minimum atomic E-state index is -0.263. The lowest BCUT2D eigenvalue weighted by molar-refractivity contribution is 0.609. The van der Waals surface area contributed by atoms with Crippen molar-refractivity contribution in [1.82, 2.24) is 0 Å². The first-order chi connectivity index (χ1) is 7.04. The predicted octanol–water partition coefficient (Wildman–Crippen LogP) is 3.95. The Balaban J connectivity index is 2.89. The fraction of sp³-hybridized carbons (Fsp3) is 0.364. The van der Waals surface area contributed by atoms with Gasteiger partial charge in [-0.1, -0.05) is 37.0 Å². The molecule has 1 atom stereocenters. The molecule has 1 rings (SSSR count). The van der Waals surface area contributed by atoms with Crippen molar-refractivity contribution in [2.75, 3.05) is 5.32 Å². The van der Waals surface area contributed by atoms with Gasteiger partial charge >= 0.3 is 0 Å². The molecule has 0 spiro atoms. The molecule has 80 valence electrons. The highest BCUT2D eigenvalue weighted by Crippen LogP contribution is 2.26. The van der Waals surface area contributed by atoms with Gasteiger partial charge in [0, 0.05) is 5.02 Å². The summed E-state index contributed by atoms with van der Waals surface area (Å²) in [6, 6.07) is 7.06. The molecular weight excluding hydrogens is 231 g/mol.